The Kier molecular flexibility index (Phi) is 6.05. The molecule has 1 aliphatic rings. The van der Waals surface area contributed by atoms with Crippen molar-refractivity contribution in [3.63, 3.8) is 0 Å². The van der Waals surface area contributed by atoms with E-state index in [4.69, 9.17) is 4.74 Å². The molecule has 0 bridgehead atoms. The summed E-state index contributed by atoms with van der Waals surface area (Å²) < 4.78 is 5.94. The lowest BCUT2D eigenvalue weighted by Gasteiger charge is -2.32. The Morgan fingerprint density at radius 3 is 2.38 bits per heavy atom. The summed E-state index contributed by atoms with van der Waals surface area (Å²) in [6.45, 7) is 6.33. The molecule has 2 aromatic carbocycles. The molecular formula is C21H26N2O. The molecule has 0 aliphatic carbocycles. The minimum atomic E-state index is 0.746. The van der Waals surface area contributed by atoms with E-state index in [0.717, 1.165) is 50.6 Å². The minimum absolute atomic E-state index is 0.746. The topological polar surface area (TPSA) is 15.7 Å². The number of benzene rings is 2. The van der Waals surface area contributed by atoms with Crippen molar-refractivity contribution in [1.82, 2.24) is 9.80 Å². The second-order valence-corrected chi connectivity index (χ2v) is 6.31. The Labute approximate surface area is 145 Å². The van der Waals surface area contributed by atoms with E-state index < -0.39 is 0 Å². The van der Waals surface area contributed by atoms with E-state index >= 15 is 0 Å². The fourth-order valence-electron chi connectivity index (χ4n) is 2.83. The molecule has 2 aromatic rings. The van der Waals surface area contributed by atoms with Crippen LogP contribution in [-0.2, 0) is 0 Å². The normalized spacial score (nSPS) is 16.5. The smallest absolute Gasteiger partial charge is 0.119 e. The quantitative estimate of drug-likeness (QED) is 0.757. The fourth-order valence-corrected chi connectivity index (χ4v) is 2.83. The van der Waals surface area contributed by atoms with Crippen LogP contribution in [-0.4, -0.2) is 56.2 Å². The highest BCUT2D eigenvalue weighted by molar-refractivity contribution is 5.70. The molecular weight excluding hydrogens is 296 g/mol. The maximum absolute atomic E-state index is 5.94. The summed E-state index contributed by atoms with van der Waals surface area (Å²) in [5, 5.41) is 0. The van der Waals surface area contributed by atoms with Crippen molar-refractivity contribution >= 4 is 12.2 Å². The number of ether oxygens (including phenoxy) is 1. The van der Waals surface area contributed by atoms with Crippen molar-refractivity contribution in [2.24, 2.45) is 0 Å². The molecule has 126 valence electrons. The maximum Gasteiger partial charge on any atom is 0.119 e. The SMILES string of the molecule is CN1CCN(CCOc2cccc(C=Cc3ccccc3)c2)CC1. The molecule has 0 unspecified atom stereocenters. The number of hydrogen-bond acceptors (Lipinski definition) is 3. The van der Waals surface area contributed by atoms with Gasteiger partial charge in [0.15, 0.2) is 0 Å². The molecule has 0 N–H and O–H groups in total. The monoisotopic (exact) mass is 322 g/mol. The Bertz CT molecular complexity index is 646. The molecule has 24 heavy (non-hydrogen) atoms. The van der Waals surface area contributed by atoms with Crippen molar-refractivity contribution in [1.29, 1.82) is 0 Å². The summed E-state index contributed by atoms with van der Waals surface area (Å²) in [7, 11) is 2.18. The van der Waals surface area contributed by atoms with Crippen molar-refractivity contribution in [3.05, 3.63) is 65.7 Å². The van der Waals surface area contributed by atoms with Gasteiger partial charge in [-0.1, -0.05) is 54.6 Å². The van der Waals surface area contributed by atoms with E-state index in [1.807, 2.05) is 12.1 Å². The highest BCUT2D eigenvalue weighted by Crippen LogP contribution is 2.16. The van der Waals surface area contributed by atoms with Gasteiger partial charge >= 0.3 is 0 Å². The van der Waals surface area contributed by atoms with Crippen molar-refractivity contribution < 1.29 is 4.74 Å². The number of piperazine rings is 1. The van der Waals surface area contributed by atoms with Crippen LogP contribution in [0.2, 0.25) is 0 Å². The molecule has 3 nitrogen and oxygen atoms in total. The number of likely N-dealkylation sites (N-methyl/N-ethyl adjacent to an activating group) is 1. The fraction of sp³-hybridized carbons (Fsp3) is 0.333. The minimum Gasteiger partial charge on any atom is -0.492 e. The average molecular weight is 322 g/mol. The van der Waals surface area contributed by atoms with Crippen LogP contribution >= 0.6 is 0 Å². The van der Waals surface area contributed by atoms with Crippen LogP contribution in [0.25, 0.3) is 12.2 Å². The molecule has 0 saturated carbocycles. The Morgan fingerprint density at radius 2 is 1.58 bits per heavy atom. The van der Waals surface area contributed by atoms with E-state index in [0.29, 0.717) is 0 Å². The van der Waals surface area contributed by atoms with Crippen LogP contribution in [0.4, 0.5) is 0 Å². The van der Waals surface area contributed by atoms with Gasteiger partial charge in [0, 0.05) is 32.7 Å². The van der Waals surface area contributed by atoms with Gasteiger partial charge in [-0.2, -0.15) is 0 Å². The van der Waals surface area contributed by atoms with E-state index in [1.54, 1.807) is 0 Å². The Morgan fingerprint density at radius 1 is 0.875 bits per heavy atom. The third-order valence-electron chi connectivity index (χ3n) is 4.40. The van der Waals surface area contributed by atoms with Gasteiger partial charge < -0.3 is 9.64 Å². The van der Waals surface area contributed by atoms with E-state index in [1.165, 1.54) is 5.56 Å². The molecule has 1 saturated heterocycles. The molecule has 1 heterocycles. The first kappa shape index (κ1) is 16.7. The summed E-state index contributed by atoms with van der Waals surface area (Å²) in [5.74, 6) is 0.944. The van der Waals surface area contributed by atoms with E-state index in [9.17, 15) is 0 Å². The summed E-state index contributed by atoms with van der Waals surface area (Å²) in [4.78, 5) is 4.85. The van der Waals surface area contributed by atoms with Gasteiger partial charge in [-0.15, -0.1) is 0 Å². The molecule has 0 aromatic heterocycles. The van der Waals surface area contributed by atoms with Crippen molar-refractivity contribution in [3.8, 4) is 5.75 Å². The second kappa shape index (κ2) is 8.67. The zero-order chi connectivity index (χ0) is 16.6. The van der Waals surface area contributed by atoms with Gasteiger partial charge in [0.05, 0.1) is 0 Å². The highest BCUT2D eigenvalue weighted by atomic mass is 16.5. The van der Waals surface area contributed by atoms with E-state index in [-0.39, 0.29) is 0 Å². The number of nitrogens with zero attached hydrogens (tertiary/aromatic N) is 2. The Hall–Kier alpha value is -2.10. The molecule has 1 fully saturated rings. The molecule has 0 amide bonds. The maximum atomic E-state index is 5.94. The summed E-state index contributed by atoms with van der Waals surface area (Å²) in [6, 6.07) is 18.6. The molecule has 0 spiro atoms. The van der Waals surface area contributed by atoms with Crippen LogP contribution in [0.15, 0.2) is 54.6 Å². The van der Waals surface area contributed by atoms with Gasteiger partial charge in [-0.3, -0.25) is 4.90 Å². The average Bonchev–Trinajstić information content (AvgIpc) is 2.63. The predicted molar refractivity (Wildman–Crippen MR) is 101 cm³/mol. The molecule has 3 heteroatoms. The number of rotatable bonds is 6. The zero-order valence-electron chi connectivity index (χ0n) is 14.4. The lowest BCUT2D eigenvalue weighted by molar-refractivity contribution is 0.134. The van der Waals surface area contributed by atoms with Gasteiger partial charge in [0.2, 0.25) is 0 Å². The summed E-state index contributed by atoms with van der Waals surface area (Å²) in [5.41, 5.74) is 2.37. The summed E-state index contributed by atoms with van der Waals surface area (Å²) in [6.07, 6.45) is 4.26. The predicted octanol–water partition coefficient (Wildman–Crippen LogP) is 3.48. The Balaban J connectivity index is 1.49. The first-order valence-corrected chi connectivity index (χ1v) is 8.66. The second-order valence-electron chi connectivity index (χ2n) is 6.31. The molecule has 3 rings (SSSR count). The van der Waals surface area contributed by atoms with Gasteiger partial charge in [0.25, 0.3) is 0 Å². The van der Waals surface area contributed by atoms with Crippen LogP contribution in [0.3, 0.4) is 0 Å². The van der Waals surface area contributed by atoms with Crippen molar-refractivity contribution in [2.45, 2.75) is 0 Å². The summed E-state index contributed by atoms with van der Waals surface area (Å²) >= 11 is 0. The highest BCUT2D eigenvalue weighted by Gasteiger charge is 2.13. The molecule has 0 radical (unpaired) electrons. The van der Waals surface area contributed by atoms with Crippen LogP contribution in [0.1, 0.15) is 11.1 Å². The van der Waals surface area contributed by atoms with Gasteiger partial charge in [-0.25, -0.2) is 0 Å². The third kappa shape index (κ3) is 5.22. The molecule has 0 atom stereocenters. The lowest BCUT2D eigenvalue weighted by Crippen LogP contribution is -2.45. The van der Waals surface area contributed by atoms with Crippen LogP contribution in [0.5, 0.6) is 5.75 Å². The lowest BCUT2D eigenvalue weighted by atomic mass is 10.1. The van der Waals surface area contributed by atoms with E-state index in [2.05, 4.69) is 71.5 Å². The largest absolute Gasteiger partial charge is 0.492 e. The van der Waals surface area contributed by atoms with Crippen LogP contribution in [0, 0.1) is 0 Å². The molecule has 1 aliphatic heterocycles. The van der Waals surface area contributed by atoms with Gasteiger partial charge in [-0.05, 0) is 30.3 Å². The number of hydrogen-bond donors (Lipinski definition) is 0. The third-order valence-corrected chi connectivity index (χ3v) is 4.40. The first-order valence-electron chi connectivity index (χ1n) is 8.66. The van der Waals surface area contributed by atoms with Gasteiger partial charge in [0.1, 0.15) is 12.4 Å². The van der Waals surface area contributed by atoms with Crippen molar-refractivity contribution in [2.75, 3.05) is 46.4 Å². The first-order chi connectivity index (χ1) is 11.8. The van der Waals surface area contributed by atoms with Crippen LogP contribution < -0.4 is 4.74 Å². The zero-order valence-corrected chi connectivity index (χ0v) is 14.4. The standard InChI is InChI=1S/C21H26N2O/c1-22-12-14-23(15-13-22)16-17-24-21-9-5-8-20(18-21)11-10-19-6-3-2-4-7-19/h2-11,18H,12-17H2,1H3.